The number of amides is 1. The molecule has 0 spiro atoms. The molecule has 1 heterocycles. The number of nitrogens with zero attached hydrogens (tertiary/aromatic N) is 3. The van der Waals surface area contributed by atoms with E-state index in [2.05, 4.69) is 15.3 Å². The molecule has 0 bridgehead atoms. The number of carbonyl (C=O) groups is 1. The molecule has 2 rings (SSSR count). The highest BCUT2D eigenvalue weighted by Gasteiger charge is 2.13. The Bertz CT molecular complexity index is 701. The molecule has 0 aliphatic carbocycles. The summed E-state index contributed by atoms with van der Waals surface area (Å²) in [6.07, 6.45) is 0.436. The second-order valence-corrected chi connectivity index (χ2v) is 5.46. The second-order valence-electron chi connectivity index (χ2n) is 5.46. The summed E-state index contributed by atoms with van der Waals surface area (Å²) < 4.78 is 13.6. The summed E-state index contributed by atoms with van der Waals surface area (Å²) in [5, 5.41) is 2.79. The van der Waals surface area contributed by atoms with E-state index in [0.29, 0.717) is 30.2 Å². The van der Waals surface area contributed by atoms with Crippen LogP contribution in [0.25, 0.3) is 0 Å². The molecular formula is C18H23FN4O. The smallest absolute Gasteiger partial charge is 0.270 e. The highest BCUT2D eigenvalue weighted by molar-refractivity contribution is 5.92. The van der Waals surface area contributed by atoms with Gasteiger partial charge in [0.15, 0.2) is 0 Å². The van der Waals surface area contributed by atoms with Gasteiger partial charge in [0.1, 0.15) is 11.5 Å². The van der Waals surface area contributed by atoms with Crippen molar-refractivity contribution in [3.63, 3.8) is 0 Å². The van der Waals surface area contributed by atoms with Crippen LogP contribution in [0.5, 0.6) is 0 Å². The molecule has 1 aromatic carbocycles. The standard InChI is InChI=1S/C18H23FN4O/c1-4-23(5-2)18-21-13(3)12-16(22-18)17(24)20-11-10-14-8-6-7-9-15(14)19/h6-9,12H,4-5,10-11H2,1-3H3,(H,20,24). The van der Waals surface area contributed by atoms with Crippen molar-refractivity contribution in [2.75, 3.05) is 24.5 Å². The van der Waals surface area contributed by atoms with Crippen LogP contribution in [0.2, 0.25) is 0 Å². The Balaban J connectivity index is 2.03. The van der Waals surface area contributed by atoms with Gasteiger partial charge in [-0.05, 0) is 44.9 Å². The van der Waals surface area contributed by atoms with Crippen LogP contribution in [0.4, 0.5) is 10.3 Å². The van der Waals surface area contributed by atoms with Crippen molar-refractivity contribution in [2.24, 2.45) is 0 Å². The Labute approximate surface area is 141 Å². The summed E-state index contributed by atoms with van der Waals surface area (Å²) in [6, 6.07) is 8.22. The normalized spacial score (nSPS) is 10.5. The number of rotatable bonds is 7. The number of anilines is 1. The lowest BCUT2D eigenvalue weighted by Crippen LogP contribution is -2.29. The van der Waals surface area contributed by atoms with Crippen LogP contribution in [-0.2, 0) is 6.42 Å². The van der Waals surface area contributed by atoms with Crippen molar-refractivity contribution < 1.29 is 9.18 Å². The molecule has 24 heavy (non-hydrogen) atoms. The minimum Gasteiger partial charge on any atom is -0.350 e. The Morgan fingerprint density at radius 2 is 1.92 bits per heavy atom. The molecule has 0 saturated carbocycles. The van der Waals surface area contributed by atoms with Crippen LogP contribution in [0, 0.1) is 12.7 Å². The average Bonchev–Trinajstić information content (AvgIpc) is 2.57. The van der Waals surface area contributed by atoms with Crippen LogP contribution >= 0.6 is 0 Å². The van der Waals surface area contributed by atoms with Gasteiger partial charge in [-0.25, -0.2) is 14.4 Å². The summed E-state index contributed by atoms with van der Waals surface area (Å²) in [6.45, 7) is 7.77. The van der Waals surface area contributed by atoms with Crippen molar-refractivity contribution >= 4 is 11.9 Å². The fourth-order valence-corrected chi connectivity index (χ4v) is 2.42. The lowest BCUT2D eigenvalue weighted by Gasteiger charge is -2.19. The molecule has 0 unspecified atom stereocenters. The van der Waals surface area contributed by atoms with Crippen molar-refractivity contribution in [1.82, 2.24) is 15.3 Å². The van der Waals surface area contributed by atoms with Crippen LogP contribution in [0.1, 0.15) is 35.6 Å². The molecule has 0 radical (unpaired) electrons. The maximum absolute atomic E-state index is 13.6. The van der Waals surface area contributed by atoms with E-state index in [9.17, 15) is 9.18 Å². The molecule has 1 aromatic heterocycles. The van der Waals surface area contributed by atoms with E-state index < -0.39 is 0 Å². The average molecular weight is 330 g/mol. The van der Waals surface area contributed by atoms with Crippen LogP contribution in [-0.4, -0.2) is 35.5 Å². The lowest BCUT2D eigenvalue weighted by atomic mass is 10.1. The van der Waals surface area contributed by atoms with E-state index in [1.54, 1.807) is 24.3 Å². The first-order valence-electron chi connectivity index (χ1n) is 8.17. The minimum atomic E-state index is -0.273. The van der Waals surface area contributed by atoms with Crippen LogP contribution in [0.3, 0.4) is 0 Å². The topological polar surface area (TPSA) is 58.1 Å². The summed E-state index contributed by atoms with van der Waals surface area (Å²) >= 11 is 0. The van der Waals surface area contributed by atoms with E-state index >= 15 is 0 Å². The zero-order chi connectivity index (χ0) is 17.5. The largest absolute Gasteiger partial charge is 0.350 e. The SMILES string of the molecule is CCN(CC)c1nc(C)cc(C(=O)NCCc2ccccc2F)n1. The number of carbonyl (C=O) groups excluding carboxylic acids is 1. The quantitative estimate of drug-likeness (QED) is 0.848. The third-order valence-electron chi connectivity index (χ3n) is 3.76. The van der Waals surface area contributed by atoms with Gasteiger partial charge in [-0.1, -0.05) is 18.2 Å². The van der Waals surface area contributed by atoms with Crippen molar-refractivity contribution in [2.45, 2.75) is 27.2 Å². The number of hydrogen-bond acceptors (Lipinski definition) is 4. The van der Waals surface area contributed by atoms with Gasteiger partial charge in [0.2, 0.25) is 5.95 Å². The monoisotopic (exact) mass is 330 g/mol. The molecule has 2 aromatic rings. The third-order valence-corrected chi connectivity index (χ3v) is 3.76. The minimum absolute atomic E-state index is 0.256. The second kappa shape index (κ2) is 8.38. The predicted molar refractivity (Wildman–Crippen MR) is 92.8 cm³/mol. The summed E-state index contributed by atoms with van der Waals surface area (Å²) in [4.78, 5) is 23.0. The van der Waals surface area contributed by atoms with Crippen LogP contribution in [0.15, 0.2) is 30.3 Å². The zero-order valence-electron chi connectivity index (χ0n) is 14.3. The fraction of sp³-hybridized carbons (Fsp3) is 0.389. The number of halogens is 1. The third kappa shape index (κ3) is 4.50. The molecular weight excluding hydrogens is 307 g/mol. The van der Waals surface area contributed by atoms with Gasteiger partial charge in [-0.3, -0.25) is 4.79 Å². The molecule has 0 aliphatic rings. The molecule has 6 heteroatoms. The maximum Gasteiger partial charge on any atom is 0.270 e. The van der Waals surface area contributed by atoms with Gasteiger partial charge >= 0.3 is 0 Å². The Kier molecular flexibility index (Phi) is 6.23. The Hall–Kier alpha value is -2.50. The zero-order valence-corrected chi connectivity index (χ0v) is 14.3. The predicted octanol–water partition coefficient (Wildman–Crippen LogP) is 2.74. The van der Waals surface area contributed by atoms with Gasteiger partial charge in [0.05, 0.1) is 0 Å². The fourth-order valence-electron chi connectivity index (χ4n) is 2.42. The molecule has 128 valence electrons. The molecule has 0 fully saturated rings. The highest BCUT2D eigenvalue weighted by Crippen LogP contribution is 2.10. The molecule has 1 amide bonds. The van der Waals surface area contributed by atoms with E-state index in [1.165, 1.54) is 6.07 Å². The van der Waals surface area contributed by atoms with Crippen molar-refractivity contribution in [3.8, 4) is 0 Å². The lowest BCUT2D eigenvalue weighted by molar-refractivity contribution is 0.0949. The van der Waals surface area contributed by atoms with E-state index in [1.807, 2.05) is 25.7 Å². The van der Waals surface area contributed by atoms with Crippen LogP contribution < -0.4 is 10.2 Å². The van der Waals surface area contributed by atoms with E-state index in [0.717, 1.165) is 18.8 Å². The van der Waals surface area contributed by atoms with Gasteiger partial charge in [-0.2, -0.15) is 0 Å². The number of aromatic nitrogens is 2. The molecule has 1 N–H and O–H groups in total. The van der Waals surface area contributed by atoms with Crippen molar-refractivity contribution in [3.05, 3.63) is 53.1 Å². The van der Waals surface area contributed by atoms with Crippen molar-refractivity contribution in [1.29, 1.82) is 0 Å². The molecule has 0 atom stereocenters. The number of benzene rings is 1. The van der Waals surface area contributed by atoms with Gasteiger partial charge in [0, 0.05) is 25.3 Å². The van der Waals surface area contributed by atoms with Gasteiger partial charge in [-0.15, -0.1) is 0 Å². The molecule has 0 aliphatic heterocycles. The number of aryl methyl sites for hydroxylation is 1. The Morgan fingerprint density at radius 3 is 2.58 bits per heavy atom. The first-order valence-corrected chi connectivity index (χ1v) is 8.17. The highest BCUT2D eigenvalue weighted by atomic mass is 19.1. The summed E-state index contributed by atoms with van der Waals surface area (Å²) in [7, 11) is 0. The summed E-state index contributed by atoms with van der Waals surface area (Å²) in [5.41, 5.74) is 1.66. The first-order chi connectivity index (χ1) is 11.5. The summed E-state index contributed by atoms with van der Waals surface area (Å²) in [5.74, 6) is 0.0259. The van der Waals surface area contributed by atoms with Gasteiger partial charge in [0.25, 0.3) is 5.91 Å². The van der Waals surface area contributed by atoms with E-state index in [-0.39, 0.29) is 11.7 Å². The number of nitrogens with one attached hydrogen (secondary N) is 1. The maximum atomic E-state index is 13.6. The molecule has 0 saturated heterocycles. The van der Waals surface area contributed by atoms with E-state index in [4.69, 9.17) is 0 Å². The number of hydrogen-bond donors (Lipinski definition) is 1. The van der Waals surface area contributed by atoms with Gasteiger partial charge < -0.3 is 10.2 Å². The first kappa shape index (κ1) is 17.8. The Morgan fingerprint density at radius 1 is 1.21 bits per heavy atom. The molecule has 5 nitrogen and oxygen atoms in total.